The zero-order chi connectivity index (χ0) is 33.1. The number of thiophene rings is 1. The van der Waals surface area contributed by atoms with Crippen LogP contribution in [0.4, 0.5) is 0 Å². The van der Waals surface area contributed by atoms with Gasteiger partial charge in [0.15, 0.2) is 0 Å². The molecule has 0 saturated heterocycles. The standard InChI is InChI=1S/C7H9N.C6H8N2.C6H9N.C6H8S.C5H8N2.C5H7NS/c1-6-3-4-7(2)8-5-6;1-5-3-7-6(2)8-4-5;1-6-3-4-7(2)5-6;1-5-3-6(2)7-4-5;1-4-3-5(2)7-6-4;1-4-3-6-5(2)7-4/h3-5H,1-2H3;3-4H,1-2H3;3-5H,1-2H3;3-4H,1-2H3;3H,1-2H3,(H,6,7);3H,1-2H3. The van der Waals surface area contributed by atoms with E-state index in [1.807, 2.05) is 103 Å². The minimum Gasteiger partial charge on any atom is -0.357 e. The van der Waals surface area contributed by atoms with Crippen LogP contribution in [0.1, 0.15) is 59.9 Å². The van der Waals surface area contributed by atoms with E-state index in [-0.39, 0.29) is 0 Å². The van der Waals surface area contributed by atoms with Crippen LogP contribution in [0, 0.1) is 76.2 Å². The van der Waals surface area contributed by atoms with Gasteiger partial charge in [0.1, 0.15) is 5.82 Å². The number of aryl methyl sites for hydroxylation is 12. The second kappa shape index (κ2) is 20.9. The van der Waals surface area contributed by atoms with E-state index in [0.29, 0.717) is 0 Å². The van der Waals surface area contributed by atoms with Gasteiger partial charge in [0.05, 0.1) is 10.7 Å². The largest absolute Gasteiger partial charge is 0.357 e. The zero-order valence-electron chi connectivity index (χ0n) is 28.4. The predicted octanol–water partition coefficient (Wildman–Crippen LogP) is 9.28. The Morgan fingerprint density at radius 2 is 1.27 bits per heavy atom. The van der Waals surface area contributed by atoms with Gasteiger partial charge in [-0.3, -0.25) is 10.1 Å². The third-order valence-corrected chi connectivity index (χ3v) is 7.19. The Balaban J connectivity index is 0.000000264. The SMILES string of the molecule is Cc1cc(C)[nH]n1.Cc1ccc(C)nc1.Cc1ccn(C)c1.Cc1cnc(C)nc1.Cc1cnc(C)s1.Cc1csc(C)c1. The quantitative estimate of drug-likeness (QED) is 0.181. The number of aromatic amines is 1. The molecule has 6 heterocycles. The maximum Gasteiger partial charge on any atom is 0.125 e. The molecule has 0 saturated carbocycles. The zero-order valence-corrected chi connectivity index (χ0v) is 30.1. The van der Waals surface area contributed by atoms with E-state index >= 15 is 0 Å². The van der Waals surface area contributed by atoms with E-state index in [1.54, 1.807) is 22.7 Å². The van der Waals surface area contributed by atoms with Crippen LogP contribution in [0.25, 0.3) is 0 Å². The number of H-pyrrole nitrogens is 1. The van der Waals surface area contributed by atoms with Crippen LogP contribution in [-0.4, -0.2) is 34.7 Å². The first-order valence-corrected chi connectivity index (χ1v) is 16.1. The van der Waals surface area contributed by atoms with Crippen molar-refractivity contribution in [2.45, 2.75) is 76.2 Å². The lowest BCUT2D eigenvalue weighted by atomic mass is 10.3. The molecule has 0 aromatic carbocycles. The molecule has 0 aliphatic carbocycles. The Labute approximate surface area is 272 Å². The maximum absolute atomic E-state index is 4.08. The Bertz CT molecular complexity index is 1270. The van der Waals surface area contributed by atoms with E-state index in [9.17, 15) is 0 Å². The summed E-state index contributed by atoms with van der Waals surface area (Å²) in [5, 5.41) is 10.0. The molecule has 0 amide bonds. The number of aromatic nitrogens is 7. The molecule has 6 aromatic heterocycles. The highest BCUT2D eigenvalue weighted by Gasteiger charge is 1.87. The predicted molar refractivity (Wildman–Crippen MR) is 189 cm³/mol. The van der Waals surface area contributed by atoms with Gasteiger partial charge in [0, 0.05) is 65.4 Å². The van der Waals surface area contributed by atoms with Gasteiger partial charge in [-0.15, -0.1) is 22.7 Å². The number of nitrogens with one attached hydrogen (secondary N) is 1. The summed E-state index contributed by atoms with van der Waals surface area (Å²) in [5.74, 6) is 0.829. The first-order valence-electron chi connectivity index (χ1n) is 14.4. The van der Waals surface area contributed by atoms with E-state index in [1.165, 1.54) is 26.4 Å². The maximum atomic E-state index is 4.08. The number of hydrogen-bond acceptors (Lipinski definition) is 7. The van der Waals surface area contributed by atoms with Crippen molar-refractivity contribution in [3.63, 3.8) is 0 Å². The number of pyridine rings is 1. The normalized spacial score (nSPS) is 9.36. The Hall–Kier alpha value is -3.95. The molecule has 0 unspecified atom stereocenters. The van der Waals surface area contributed by atoms with Crippen molar-refractivity contribution in [3.8, 4) is 0 Å². The van der Waals surface area contributed by atoms with Crippen LogP contribution in [-0.2, 0) is 7.05 Å². The molecule has 6 aromatic rings. The molecule has 7 nitrogen and oxygen atoms in total. The molecule has 236 valence electrons. The van der Waals surface area contributed by atoms with Crippen molar-refractivity contribution in [2.24, 2.45) is 7.05 Å². The highest BCUT2D eigenvalue weighted by molar-refractivity contribution is 7.11. The lowest BCUT2D eigenvalue weighted by molar-refractivity contribution is 0.925. The molecule has 0 atom stereocenters. The highest BCUT2D eigenvalue weighted by atomic mass is 32.1. The smallest absolute Gasteiger partial charge is 0.125 e. The third-order valence-electron chi connectivity index (χ3n) is 5.38. The first kappa shape index (κ1) is 38.1. The van der Waals surface area contributed by atoms with E-state index in [4.69, 9.17) is 0 Å². The molecule has 0 radical (unpaired) electrons. The Kier molecular flexibility index (Phi) is 18.1. The molecule has 0 fully saturated rings. The Morgan fingerprint density at radius 3 is 1.50 bits per heavy atom. The van der Waals surface area contributed by atoms with E-state index < -0.39 is 0 Å². The molecule has 9 heteroatoms. The molecule has 0 aliphatic heterocycles. The van der Waals surface area contributed by atoms with E-state index in [0.717, 1.165) is 33.5 Å². The van der Waals surface area contributed by atoms with E-state index in [2.05, 4.69) is 87.6 Å². The van der Waals surface area contributed by atoms with Gasteiger partial charge in [-0.1, -0.05) is 6.07 Å². The number of rotatable bonds is 0. The van der Waals surface area contributed by atoms with Gasteiger partial charge in [-0.25, -0.2) is 15.0 Å². The number of thiazole rings is 1. The van der Waals surface area contributed by atoms with Gasteiger partial charge in [0.2, 0.25) is 0 Å². The van der Waals surface area contributed by atoms with Crippen LogP contribution >= 0.6 is 22.7 Å². The number of nitrogens with zero attached hydrogens (tertiary/aromatic N) is 6. The van der Waals surface area contributed by atoms with Crippen LogP contribution in [0.5, 0.6) is 0 Å². The molecule has 0 bridgehead atoms. The average molecular weight is 632 g/mol. The molecular formula is C35H49N7S2. The molecule has 1 N–H and O–H groups in total. The lowest BCUT2D eigenvalue weighted by Crippen LogP contribution is -1.84. The van der Waals surface area contributed by atoms with Gasteiger partial charge < -0.3 is 4.57 Å². The van der Waals surface area contributed by atoms with Gasteiger partial charge >= 0.3 is 0 Å². The summed E-state index contributed by atoms with van der Waals surface area (Å²) in [6, 6.07) is 10.3. The molecular weight excluding hydrogens is 583 g/mol. The third kappa shape index (κ3) is 19.3. The van der Waals surface area contributed by atoms with Crippen molar-refractivity contribution in [1.29, 1.82) is 0 Å². The van der Waals surface area contributed by atoms with Crippen LogP contribution in [0.15, 0.2) is 72.9 Å². The molecule has 6 rings (SSSR count). The lowest BCUT2D eigenvalue weighted by Gasteiger charge is -1.89. The summed E-state index contributed by atoms with van der Waals surface area (Å²) in [5.41, 5.74) is 8.28. The molecule has 0 spiro atoms. The van der Waals surface area contributed by atoms with Crippen molar-refractivity contribution in [1.82, 2.24) is 34.7 Å². The minimum absolute atomic E-state index is 0.829. The van der Waals surface area contributed by atoms with Crippen LogP contribution in [0.3, 0.4) is 0 Å². The summed E-state index contributed by atoms with van der Waals surface area (Å²) >= 11 is 3.54. The topological polar surface area (TPSA) is 85.2 Å². The summed E-state index contributed by atoms with van der Waals surface area (Å²) < 4.78 is 2.04. The average Bonchev–Trinajstić information content (AvgIpc) is 3.75. The summed E-state index contributed by atoms with van der Waals surface area (Å²) in [6.45, 7) is 22.2. The van der Waals surface area contributed by atoms with Crippen molar-refractivity contribution in [3.05, 3.63) is 133 Å². The summed E-state index contributed by atoms with van der Waals surface area (Å²) in [7, 11) is 2.02. The number of hydrogen-bond donors (Lipinski definition) is 1. The molecule has 0 aliphatic rings. The second-order valence-corrected chi connectivity index (χ2v) is 13.1. The summed E-state index contributed by atoms with van der Waals surface area (Å²) in [4.78, 5) is 18.7. The fourth-order valence-corrected chi connectivity index (χ4v) is 4.61. The van der Waals surface area contributed by atoms with Crippen molar-refractivity contribution >= 4 is 22.7 Å². The highest BCUT2D eigenvalue weighted by Crippen LogP contribution is 2.10. The summed E-state index contributed by atoms with van der Waals surface area (Å²) in [6.07, 6.45) is 11.5. The van der Waals surface area contributed by atoms with Crippen molar-refractivity contribution in [2.75, 3.05) is 0 Å². The minimum atomic E-state index is 0.829. The van der Waals surface area contributed by atoms with Gasteiger partial charge in [0.25, 0.3) is 0 Å². The second-order valence-electron chi connectivity index (χ2n) is 10.6. The van der Waals surface area contributed by atoms with Crippen LogP contribution in [0.2, 0.25) is 0 Å². The van der Waals surface area contributed by atoms with Crippen LogP contribution < -0.4 is 0 Å². The monoisotopic (exact) mass is 631 g/mol. The fourth-order valence-electron chi connectivity index (χ4n) is 3.24. The van der Waals surface area contributed by atoms with Gasteiger partial charge in [-0.2, -0.15) is 5.10 Å². The Morgan fingerprint density at radius 1 is 0.614 bits per heavy atom. The van der Waals surface area contributed by atoms with Crippen molar-refractivity contribution < 1.29 is 0 Å². The fraction of sp³-hybridized carbons (Fsp3) is 0.343. The van der Waals surface area contributed by atoms with Gasteiger partial charge in [-0.05, 0) is 128 Å². The first-order chi connectivity index (χ1) is 20.7. The molecule has 44 heavy (non-hydrogen) atoms.